The molecule has 2 unspecified atom stereocenters. The molecule has 5 aliphatic carbocycles. The van der Waals surface area contributed by atoms with Crippen LogP contribution in [0.1, 0.15) is 57.9 Å². The first-order chi connectivity index (χ1) is 38.1. The summed E-state index contributed by atoms with van der Waals surface area (Å²) < 4.78 is 0. The molecule has 0 saturated heterocycles. The first-order valence-electron chi connectivity index (χ1n) is 27.2. The van der Waals surface area contributed by atoms with Crippen LogP contribution >= 0.6 is 0 Å². The lowest BCUT2D eigenvalue weighted by Gasteiger charge is -2.34. The van der Waals surface area contributed by atoms with Crippen molar-refractivity contribution in [1.29, 1.82) is 0 Å². The van der Waals surface area contributed by atoms with Gasteiger partial charge in [0.1, 0.15) is 0 Å². The number of nitrogens with zero attached hydrogens (tertiary/aromatic N) is 2. The van der Waals surface area contributed by atoms with Crippen molar-refractivity contribution in [1.82, 2.24) is 9.97 Å². The van der Waals surface area contributed by atoms with Gasteiger partial charge in [-0.1, -0.05) is 213 Å². The lowest BCUT2D eigenvalue weighted by molar-refractivity contribution is 0.630. The van der Waals surface area contributed by atoms with Crippen molar-refractivity contribution in [3.8, 4) is 78.3 Å². The highest BCUT2D eigenvalue weighted by Crippen LogP contribution is 2.66. The van der Waals surface area contributed by atoms with Crippen LogP contribution in [-0.2, 0) is 10.8 Å². The van der Waals surface area contributed by atoms with Crippen LogP contribution in [-0.4, -0.2) is 9.97 Å². The van der Waals surface area contributed by atoms with Crippen LogP contribution in [0.2, 0.25) is 0 Å². The van der Waals surface area contributed by atoms with E-state index in [1.165, 1.54) is 133 Å². The molecule has 2 heteroatoms. The molecule has 0 amide bonds. The maximum atomic E-state index is 5.31. The molecule has 0 aliphatic heterocycles. The van der Waals surface area contributed by atoms with Gasteiger partial charge in [-0.3, -0.25) is 4.98 Å². The molecular weight excluding hydrogens is 929 g/mol. The normalized spacial score (nSPS) is 17.3. The number of rotatable bonds is 4. The summed E-state index contributed by atoms with van der Waals surface area (Å²) in [7, 11) is 0. The largest absolute Gasteiger partial charge is 0.255 e. The quantitative estimate of drug-likeness (QED) is 0.164. The van der Waals surface area contributed by atoms with Crippen LogP contribution in [0, 0.1) is 5.92 Å². The maximum Gasteiger partial charge on any atom is 0.0893 e. The predicted molar refractivity (Wildman–Crippen MR) is 317 cm³/mol. The van der Waals surface area contributed by atoms with Crippen molar-refractivity contribution in [2.24, 2.45) is 5.92 Å². The van der Waals surface area contributed by atoms with Gasteiger partial charge in [0, 0.05) is 11.8 Å². The Balaban J connectivity index is 0.952. The summed E-state index contributed by atoms with van der Waals surface area (Å²) in [6, 6.07) is 89.2. The van der Waals surface area contributed by atoms with E-state index in [-0.39, 0.29) is 0 Å². The van der Waals surface area contributed by atoms with Gasteiger partial charge in [0.2, 0.25) is 0 Å². The summed E-state index contributed by atoms with van der Waals surface area (Å²) >= 11 is 0. The molecule has 10 aromatic carbocycles. The topological polar surface area (TPSA) is 25.8 Å². The fourth-order valence-electron chi connectivity index (χ4n) is 15.2. The zero-order chi connectivity index (χ0) is 50.6. The molecule has 0 saturated carbocycles. The van der Waals surface area contributed by atoms with Gasteiger partial charge in [-0.25, -0.2) is 4.98 Å². The van der Waals surface area contributed by atoms with Crippen molar-refractivity contribution in [2.75, 3.05) is 0 Å². The Hall–Kier alpha value is -9.50. The van der Waals surface area contributed by atoms with Gasteiger partial charge in [0.25, 0.3) is 0 Å². The second-order valence-electron chi connectivity index (χ2n) is 21.9. The number of benzene rings is 10. The van der Waals surface area contributed by atoms with Crippen LogP contribution in [0.3, 0.4) is 0 Å². The number of hydrogen-bond donors (Lipinski definition) is 0. The lowest BCUT2D eigenvalue weighted by atomic mass is 9.67. The van der Waals surface area contributed by atoms with Crippen molar-refractivity contribution in [2.45, 2.75) is 24.2 Å². The second kappa shape index (κ2) is 15.8. The predicted octanol–water partition coefficient (Wildman–Crippen LogP) is 18.5. The van der Waals surface area contributed by atoms with Crippen LogP contribution in [0.4, 0.5) is 0 Å². The SMILES string of the molecule is CC1C=CC2=C(C1)C1(c3ccccc32)c2ccccc2-c2ccc(-c3c4ccccc4c(-c4ccc5c(c4)C4(c6ccccc6-c6ccccc64)c4ccccc4-5)c4cc(-c5cccc(-c6ccccn6)n5)ccc34)cc21. The van der Waals surface area contributed by atoms with Crippen LogP contribution in [0.15, 0.2) is 261 Å². The van der Waals surface area contributed by atoms with Gasteiger partial charge in [-0.2, -0.15) is 0 Å². The fraction of sp³-hybridized carbons (Fsp3) is 0.0667. The molecule has 2 aromatic heterocycles. The molecule has 0 fully saturated rings. The Morgan fingerprint density at radius 1 is 0.351 bits per heavy atom. The fourth-order valence-corrected chi connectivity index (χ4v) is 15.2. The molecule has 2 nitrogen and oxygen atoms in total. The van der Waals surface area contributed by atoms with Crippen LogP contribution in [0.25, 0.3) is 105 Å². The third-order valence-corrected chi connectivity index (χ3v) is 18.1. The molecule has 12 aromatic rings. The third kappa shape index (κ3) is 5.59. The molecule has 77 heavy (non-hydrogen) atoms. The van der Waals surface area contributed by atoms with E-state index in [0.29, 0.717) is 5.92 Å². The van der Waals surface area contributed by atoms with Crippen molar-refractivity contribution in [3.05, 3.63) is 305 Å². The minimum absolute atomic E-state index is 0.397. The van der Waals surface area contributed by atoms with E-state index in [4.69, 9.17) is 9.97 Å². The highest BCUT2D eigenvalue weighted by atomic mass is 14.8. The van der Waals surface area contributed by atoms with E-state index >= 15 is 0 Å². The number of allylic oxidation sites excluding steroid dienone is 4. The molecule has 2 spiro atoms. The lowest BCUT2D eigenvalue weighted by Crippen LogP contribution is -2.28. The first kappa shape index (κ1) is 42.8. The minimum Gasteiger partial charge on any atom is -0.255 e. The summed E-state index contributed by atoms with van der Waals surface area (Å²) in [5.41, 5.74) is 29.4. The molecular formula is C75H48N2. The molecule has 0 bridgehead atoms. The van der Waals surface area contributed by atoms with Crippen molar-refractivity contribution >= 4 is 27.1 Å². The zero-order valence-corrected chi connectivity index (χ0v) is 42.4. The highest BCUT2D eigenvalue weighted by molar-refractivity contribution is 6.22. The Morgan fingerprint density at radius 3 is 1.40 bits per heavy atom. The van der Waals surface area contributed by atoms with Gasteiger partial charge >= 0.3 is 0 Å². The summed E-state index contributed by atoms with van der Waals surface area (Å²) in [6.07, 6.45) is 7.69. The average molecular weight is 977 g/mol. The smallest absolute Gasteiger partial charge is 0.0893 e. The Kier molecular flexibility index (Phi) is 8.77. The standard InChI is InChI=1S/C75H48N2/c1-45-32-36-54-51-19-7-12-27-64(51)75(66(54)41-45)65-28-13-8-21-53(65)56-37-34-47(43-68(56)75)72-57-22-2-3-23-58(57)73(60-42-46(33-39-59(60)72)69-30-16-31-71(77-69)70-29-14-15-40-76-70)48-35-38-55-52-20-6-11-26-63(52)74(67(55)44-48)61-24-9-4-17-49(61)50-18-5-10-25-62(50)74/h2-40,42-45H,41H2,1H3. The Labute approximate surface area is 448 Å². The monoisotopic (exact) mass is 976 g/mol. The van der Waals surface area contributed by atoms with E-state index in [9.17, 15) is 0 Å². The number of pyridine rings is 2. The summed E-state index contributed by atoms with van der Waals surface area (Å²) in [4.78, 5) is 10.0. The van der Waals surface area contributed by atoms with E-state index in [0.717, 1.165) is 29.1 Å². The molecule has 2 atom stereocenters. The highest BCUT2D eigenvalue weighted by Gasteiger charge is 2.54. The van der Waals surface area contributed by atoms with E-state index < -0.39 is 10.8 Å². The van der Waals surface area contributed by atoms with Crippen LogP contribution in [0.5, 0.6) is 0 Å². The average Bonchev–Trinajstić information content (AvgIpc) is 3.42. The van der Waals surface area contributed by atoms with Gasteiger partial charge in [-0.05, 0) is 188 Å². The Bertz CT molecular complexity index is 4570. The molecule has 5 aliphatic rings. The minimum atomic E-state index is -0.473. The number of aromatic nitrogens is 2. The summed E-state index contributed by atoms with van der Waals surface area (Å²) in [5.74, 6) is 0.439. The number of hydrogen-bond acceptors (Lipinski definition) is 2. The summed E-state index contributed by atoms with van der Waals surface area (Å²) in [5, 5.41) is 4.86. The molecule has 0 radical (unpaired) electrons. The first-order valence-corrected chi connectivity index (χ1v) is 27.2. The molecule has 358 valence electrons. The third-order valence-electron chi connectivity index (χ3n) is 18.1. The van der Waals surface area contributed by atoms with Crippen molar-refractivity contribution < 1.29 is 0 Å². The van der Waals surface area contributed by atoms with E-state index in [1.807, 2.05) is 24.4 Å². The number of fused-ring (bicyclic) bond motifs is 21. The molecule has 0 N–H and O–H groups in total. The van der Waals surface area contributed by atoms with Crippen molar-refractivity contribution in [3.63, 3.8) is 0 Å². The van der Waals surface area contributed by atoms with Gasteiger partial charge in [-0.15, -0.1) is 0 Å². The van der Waals surface area contributed by atoms with Crippen LogP contribution < -0.4 is 0 Å². The van der Waals surface area contributed by atoms with E-state index in [1.54, 1.807) is 0 Å². The Morgan fingerprint density at radius 2 is 0.805 bits per heavy atom. The summed E-state index contributed by atoms with van der Waals surface area (Å²) in [6.45, 7) is 2.37. The molecule has 17 rings (SSSR count). The van der Waals surface area contributed by atoms with Gasteiger partial charge < -0.3 is 0 Å². The second-order valence-corrected chi connectivity index (χ2v) is 21.9. The van der Waals surface area contributed by atoms with Gasteiger partial charge in [0.05, 0.1) is 27.9 Å². The maximum absolute atomic E-state index is 5.31. The molecule has 2 heterocycles. The zero-order valence-electron chi connectivity index (χ0n) is 42.4. The van der Waals surface area contributed by atoms with Gasteiger partial charge in [0.15, 0.2) is 0 Å². The van der Waals surface area contributed by atoms with E-state index in [2.05, 4.69) is 237 Å².